The minimum absolute atomic E-state index is 0.0656. The number of benzene rings is 1. The van der Waals surface area contributed by atoms with Crippen molar-refractivity contribution in [3.8, 4) is 0 Å². The quantitative estimate of drug-likeness (QED) is 0.901. The average molecular weight is 337 g/mol. The van der Waals surface area contributed by atoms with Crippen molar-refractivity contribution in [2.45, 2.75) is 6.61 Å². The van der Waals surface area contributed by atoms with E-state index in [4.69, 9.17) is 4.74 Å². The number of amides is 1. The number of methoxy groups -OCH3 is 1. The second-order valence-corrected chi connectivity index (χ2v) is 4.93. The van der Waals surface area contributed by atoms with E-state index in [1.807, 2.05) is 6.07 Å². The average Bonchev–Trinajstić information content (AvgIpc) is 2.43. The number of carbonyl (C=O) groups excluding carboxylic acids is 1. The highest BCUT2D eigenvalue weighted by Crippen LogP contribution is 2.25. The summed E-state index contributed by atoms with van der Waals surface area (Å²) in [7, 11) is 1.58. The number of rotatable bonds is 4. The first-order valence-electron chi connectivity index (χ1n) is 5.88. The number of pyridine rings is 1. The molecule has 0 unspecified atom stereocenters. The monoisotopic (exact) mass is 336 g/mol. The SMILES string of the molecule is COCc1c(Br)cccc1NC(=O)c1c[nH]ccc1=O. The lowest BCUT2D eigenvalue weighted by Crippen LogP contribution is -2.21. The van der Waals surface area contributed by atoms with E-state index in [1.165, 1.54) is 18.5 Å². The molecule has 2 N–H and O–H groups in total. The van der Waals surface area contributed by atoms with E-state index >= 15 is 0 Å². The fraction of sp³-hybridized carbons (Fsp3) is 0.143. The van der Waals surface area contributed by atoms with E-state index in [9.17, 15) is 9.59 Å². The zero-order chi connectivity index (χ0) is 14.5. The van der Waals surface area contributed by atoms with Gasteiger partial charge < -0.3 is 15.0 Å². The van der Waals surface area contributed by atoms with Crippen LogP contribution < -0.4 is 10.7 Å². The van der Waals surface area contributed by atoms with Crippen LogP contribution in [0, 0.1) is 0 Å². The zero-order valence-electron chi connectivity index (χ0n) is 10.8. The summed E-state index contributed by atoms with van der Waals surface area (Å²) in [6.45, 7) is 0.349. The molecule has 1 aromatic carbocycles. The van der Waals surface area contributed by atoms with Gasteiger partial charge >= 0.3 is 0 Å². The van der Waals surface area contributed by atoms with Crippen LogP contribution in [0.2, 0.25) is 0 Å². The molecule has 0 aliphatic carbocycles. The first-order valence-corrected chi connectivity index (χ1v) is 6.67. The number of nitrogens with one attached hydrogen (secondary N) is 2. The Morgan fingerprint density at radius 2 is 2.20 bits per heavy atom. The summed E-state index contributed by atoms with van der Waals surface area (Å²) in [5, 5.41) is 2.72. The molecule has 0 aliphatic rings. The van der Waals surface area contributed by atoms with Crippen molar-refractivity contribution >= 4 is 27.5 Å². The Labute approximate surface area is 124 Å². The van der Waals surface area contributed by atoms with Crippen molar-refractivity contribution in [1.82, 2.24) is 4.98 Å². The second-order valence-electron chi connectivity index (χ2n) is 4.08. The van der Waals surface area contributed by atoms with Crippen molar-refractivity contribution in [2.75, 3.05) is 12.4 Å². The van der Waals surface area contributed by atoms with Gasteiger partial charge in [0.25, 0.3) is 5.91 Å². The molecule has 6 heteroatoms. The summed E-state index contributed by atoms with van der Waals surface area (Å²) in [5.41, 5.74) is 1.16. The molecule has 1 heterocycles. The molecule has 104 valence electrons. The molecule has 0 bridgehead atoms. The van der Waals surface area contributed by atoms with Crippen molar-refractivity contribution in [2.24, 2.45) is 0 Å². The van der Waals surface area contributed by atoms with Gasteiger partial charge in [-0.05, 0) is 12.1 Å². The molecule has 1 aromatic heterocycles. The summed E-state index contributed by atoms with van der Waals surface area (Å²) in [5.74, 6) is -0.456. The van der Waals surface area contributed by atoms with Gasteiger partial charge in [-0.15, -0.1) is 0 Å². The molecule has 1 amide bonds. The summed E-state index contributed by atoms with van der Waals surface area (Å²) in [4.78, 5) is 26.5. The Morgan fingerprint density at radius 1 is 1.40 bits per heavy atom. The number of aromatic nitrogens is 1. The van der Waals surface area contributed by atoms with Crippen molar-refractivity contribution in [3.63, 3.8) is 0 Å². The molecule has 0 fully saturated rings. The van der Waals surface area contributed by atoms with Crippen LogP contribution in [0.3, 0.4) is 0 Å². The Bertz CT molecular complexity index is 682. The fourth-order valence-corrected chi connectivity index (χ4v) is 2.23. The Morgan fingerprint density at radius 3 is 2.90 bits per heavy atom. The van der Waals surface area contributed by atoms with E-state index in [0.29, 0.717) is 12.3 Å². The van der Waals surface area contributed by atoms with Gasteiger partial charge in [-0.3, -0.25) is 9.59 Å². The maximum absolute atomic E-state index is 12.1. The van der Waals surface area contributed by atoms with Gasteiger partial charge in [-0.2, -0.15) is 0 Å². The number of H-pyrrole nitrogens is 1. The summed E-state index contributed by atoms with van der Waals surface area (Å²) >= 11 is 3.41. The van der Waals surface area contributed by atoms with E-state index < -0.39 is 5.91 Å². The molecule has 20 heavy (non-hydrogen) atoms. The van der Waals surface area contributed by atoms with Crippen LogP contribution in [0.25, 0.3) is 0 Å². The van der Waals surface area contributed by atoms with Crippen LogP contribution in [-0.4, -0.2) is 18.0 Å². The molecule has 0 saturated heterocycles. The van der Waals surface area contributed by atoms with Gasteiger partial charge in [-0.25, -0.2) is 0 Å². The molecule has 0 aliphatic heterocycles. The molecule has 0 atom stereocenters. The third-order valence-corrected chi connectivity index (χ3v) is 3.47. The number of ether oxygens (including phenoxy) is 1. The minimum Gasteiger partial charge on any atom is -0.380 e. The van der Waals surface area contributed by atoms with Crippen LogP contribution in [0.5, 0.6) is 0 Å². The molecule has 0 radical (unpaired) electrons. The number of halogens is 1. The number of carbonyl (C=O) groups is 1. The molecular formula is C14H13BrN2O3. The number of anilines is 1. The van der Waals surface area contributed by atoms with E-state index in [2.05, 4.69) is 26.2 Å². The highest BCUT2D eigenvalue weighted by molar-refractivity contribution is 9.10. The van der Waals surface area contributed by atoms with Gasteiger partial charge in [0.2, 0.25) is 0 Å². The predicted molar refractivity (Wildman–Crippen MR) is 79.9 cm³/mol. The zero-order valence-corrected chi connectivity index (χ0v) is 12.4. The lowest BCUT2D eigenvalue weighted by molar-refractivity contribution is 0.102. The molecular weight excluding hydrogens is 324 g/mol. The standard InChI is InChI=1S/C14H13BrN2O3/c1-20-8-10-11(15)3-2-4-12(10)17-14(19)9-7-16-6-5-13(9)18/h2-7H,8H2,1H3,(H,16,18)(H,17,19). The molecule has 0 saturated carbocycles. The van der Waals surface area contributed by atoms with Crippen LogP contribution >= 0.6 is 15.9 Å². The van der Waals surface area contributed by atoms with Gasteiger partial charge in [0.05, 0.1) is 6.61 Å². The Kier molecular flexibility index (Phi) is 4.70. The smallest absolute Gasteiger partial charge is 0.261 e. The first-order chi connectivity index (χ1) is 9.63. The largest absolute Gasteiger partial charge is 0.380 e. The topological polar surface area (TPSA) is 71.2 Å². The number of hydrogen-bond acceptors (Lipinski definition) is 3. The van der Waals surface area contributed by atoms with E-state index in [1.54, 1.807) is 19.2 Å². The van der Waals surface area contributed by atoms with Crippen molar-refractivity contribution in [3.05, 3.63) is 62.5 Å². The summed E-state index contributed by atoms with van der Waals surface area (Å²) < 4.78 is 5.94. The maximum atomic E-state index is 12.1. The minimum atomic E-state index is -0.456. The van der Waals surface area contributed by atoms with Gasteiger partial charge in [0, 0.05) is 41.3 Å². The van der Waals surface area contributed by atoms with E-state index in [-0.39, 0.29) is 11.0 Å². The molecule has 2 aromatic rings. The second kappa shape index (κ2) is 6.49. The maximum Gasteiger partial charge on any atom is 0.261 e. The van der Waals surface area contributed by atoms with Crippen LogP contribution in [0.15, 0.2) is 45.9 Å². The van der Waals surface area contributed by atoms with Crippen LogP contribution in [0.1, 0.15) is 15.9 Å². The van der Waals surface area contributed by atoms with Crippen molar-refractivity contribution in [1.29, 1.82) is 0 Å². The number of hydrogen-bond donors (Lipinski definition) is 2. The molecule has 5 nitrogen and oxygen atoms in total. The van der Waals surface area contributed by atoms with E-state index in [0.717, 1.165) is 10.0 Å². The molecule has 0 spiro atoms. The fourth-order valence-electron chi connectivity index (χ4n) is 1.75. The van der Waals surface area contributed by atoms with Crippen LogP contribution in [0.4, 0.5) is 5.69 Å². The van der Waals surface area contributed by atoms with Gasteiger partial charge in [0.15, 0.2) is 5.43 Å². The lowest BCUT2D eigenvalue weighted by atomic mass is 10.1. The Hall–Kier alpha value is -1.92. The van der Waals surface area contributed by atoms with Gasteiger partial charge in [-0.1, -0.05) is 22.0 Å². The summed E-state index contributed by atoms with van der Waals surface area (Å²) in [6.07, 6.45) is 2.86. The highest BCUT2D eigenvalue weighted by atomic mass is 79.9. The third-order valence-electron chi connectivity index (χ3n) is 2.72. The highest BCUT2D eigenvalue weighted by Gasteiger charge is 2.13. The molecule has 2 rings (SSSR count). The summed E-state index contributed by atoms with van der Waals surface area (Å²) in [6, 6.07) is 6.73. The predicted octanol–water partition coefficient (Wildman–Crippen LogP) is 2.54. The normalized spacial score (nSPS) is 10.3. The number of aromatic amines is 1. The first kappa shape index (κ1) is 14.5. The Balaban J connectivity index is 2.31. The van der Waals surface area contributed by atoms with Crippen molar-refractivity contribution < 1.29 is 9.53 Å². The third kappa shape index (κ3) is 3.15. The van der Waals surface area contributed by atoms with Crippen LogP contribution in [-0.2, 0) is 11.3 Å². The van der Waals surface area contributed by atoms with Gasteiger partial charge in [0.1, 0.15) is 5.56 Å². The lowest BCUT2D eigenvalue weighted by Gasteiger charge is -2.12.